The number of halogens is 1. The molecule has 0 saturated heterocycles. The van der Waals surface area contributed by atoms with Crippen LogP contribution in [0.4, 0.5) is 5.13 Å². The summed E-state index contributed by atoms with van der Waals surface area (Å²) >= 11 is 7.47. The molecule has 1 aliphatic rings. The first-order valence-electron chi connectivity index (χ1n) is 8.35. The van der Waals surface area contributed by atoms with Crippen molar-refractivity contribution < 1.29 is 14.3 Å². The van der Waals surface area contributed by atoms with Crippen molar-refractivity contribution in [3.05, 3.63) is 28.6 Å². The molecule has 1 aromatic heterocycles. The van der Waals surface area contributed by atoms with Crippen molar-refractivity contribution >= 4 is 39.9 Å². The molecule has 1 aliphatic carbocycles. The van der Waals surface area contributed by atoms with Crippen LogP contribution in [0, 0.1) is 11.8 Å². The predicted molar refractivity (Wildman–Crippen MR) is 103 cm³/mol. The molecule has 6 nitrogen and oxygen atoms in total. The van der Waals surface area contributed by atoms with Gasteiger partial charge in [0.15, 0.2) is 5.13 Å². The van der Waals surface area contributed by atoms with Gasteiger partial charge < -0.3 is 15.4 Å². The molecular weight excluding hydrogens is 374 g/mol. The molecule has 3 rings (SSSR count). The summed E-state index contributed by atoms with van der Waals surface area (Å²) in [6.45, 7) is 2.38. The molecule has 2 unspecified atom stereocenters. The van der Waals surface area contributed by atoms with E-state index in [2.05, 4.69) is 15.6 Å². The standard InChI is InChI=1S/C18H20ClN3O3S/c1-10-7-12(10)17(24)20-6-5-16(23)22-18-21-14(9-26-18)11-3-4-15(25-2)13(19)8-11/h3-4,8-10,12H,5-7H2,1-2H3,(H,20,24)(H,21,22,23). The van der Waals surface area contributed by atoms with Gasteiger partial charge in [-0.25, -0.2) is 4.98 Å². The lowest BCUT2D eigenvalue weighted by Crippen LogP contribution is -2.29. The zero-order chi connectivity index (χ0) is 18.7. The monoisotopic (exact) mass is 393 g/mol. The number of methoxy groups -OCH3 is 1. The number of hydrogen-bond donors (Lipinski definition) is 2. The number of nitrogens with zero attached hydrogens (tertiary/aromatic N) is 1. The molecule has 0 radical (unpaired) electrons. The Balaban J connectivity index is 1.50. The number of aromatic nitrogens is 1. The Hall–Kier alpha value is -2.12. The number of carbonyl (C=O) groups excluding carboxylic acids is 2. The molecule has 2 atom stereocenters. The van der Waals surface area contributed by atoms with E-state index in [0.717, 1.165) is 17.7 Å². The van der Waals surface area contributed by atoms with Gasteiger partial charge in [0.2, 0.25) is 11.8 Å². The van der Waals surface area contributed by atoms with Crippen LogP contribution in [0.3, 0.4) is 0 Å². The summed E-state index contributed by atoms with van der Waals surface area (Å²) in [5.74, 6) is 1.04. The van der Waals surface area contributed by atoms with Crippen LogP contribution >= 0.6 is 22.9 Å². The van der Waals surface area contributed by atoms with Crippen molar-refractivity contribution in [1.29, 1.82) is 0 Å². The molecule has 1 heterocycles. The first kappa shape index (κ1) is 18.7. The quantitative estimate of drug-likeness (QED) is 0.753. The van der Waals surface area contributed by atoms with Gasteiger partial charge in [-0.1, -0.05) is 18.5 Å². The smallest absolute Gasteiger partial charge is 0.227 e. The Morgan fingerprint density at radius 2 is 2.19 bits per heavy atom. The van der Waals surface area contributed by atoms with Crippen molar-refractivity contribution in [3.63, 3.8) is 0 Å². The van der Waals surface area contributed by atoms with Crippen molar-refractivity contribution in [2.24, 2.45) is 11.8 Å². The van der Waals surface area contributed by atoms with Gasteiger partial charge in [0, 0.05) is 29.8 Å². The molecule has 2 N–H and O–H groups in total. The lowest BCUT2D eigenvalue weighted by Gasteiger charge is -2.05. The highest BCUT2D eigenvalue weighted by molar-refractivity contribution is 7.14. The van der Waals surface area contributed by atoms with Crippen LogP contribution in [0.2, 0.25) is 5.02 Å². The van der Waals surface area contributed by atoms with Gasteiger partial charge in [-0.3, -0.25) is 9.59 Å². The van der Waals surface area contributed by atoms with Crippen LogP contribution < -0.4 is 15.4 Å². The summed E-state index contributed by atoms with van der Waals surface area (Å²) in [6.07, 6.45) is 1.16. The lowest BCUT2D eigenvalue weighted by atomic mass is 10.2. The minimum atomic E-state index is -0.178. The summed E-state index contributed by atoms with van der Waals surface area (Å²) < 4.78 is 5.14. The third kappa shape index (κ3) is 4.53. The number of ether oxygens (including phenoxy) is 1. The van der Waals surface area contributed by atoms with Crippen molar-refractivity contribution in [2.45, 2.75) is 19.8 Å². The molecule has 26 heavy (non-hydrogen) atoms. The number of nitrogens with one attached hydrogen (secondary N) is 2. The number of benzene rings is 1. The van der Waals surface area contributed by atoms with E-state index in [4.69, 9.17) is 16.3 Å². The minimum Gasteiger partial charge on any atom is -0.495 e. The summed E-state index contributed by atoms with van der Waals surface area (Å²) in [4.78, 5) is 28.1. The van der Waals surface area contributed by atoms with Crippen molar-refractivity contribution in [3.8, 4) is 17.0 Å². The second-order valence-corrected chi connectivity index (χ2v) is 7.56. The average Bonchev–Trinajstić information content (AvgIpc) is 3.16. The summed E-state index contributed by atoms with van der Waals surface area (Å²) in [5.41, 5.74) is 1.57. The largest absolute Gasteiger partial charge is 0.495 e. The normalized spacial score (nSPS) is 18.3. The SMILES string of the molecule is COc1ccc(-c2csc(NC(=O)CCNC(=O)C3CC3C)n2)cc1Cl. The molecule has 138 valence electrons. The van der Waals surface area contributed by atoms with E-state index in [-0.39, 0.29) is 24.2 Å². The second kappa shape index (κ2) is 8.05. The summed E-state index contributed by atoms with van der Waals surface area (Å²) in [7, 11) is 1.56. The van der Waals surface area contributed by atoms with E-state index in [1.807, 2.05) is 18.4 Å². The Labute approximate surface area is 160 Å². The van der Waals surface area contributed by atoms with Gasteiger partial charge in [0.25, 0.3) is 0 Å². The highest BCUT2D eigenvalue weighted by atomic mass is 35.5. The van der Waals surface area contributed by atoms with Crippen molar-refractivity contribution in [2.75, 3.05) is 19.0 Å². The van der Waals surface area contributed by atoms with Gasteiger partial charge in [-0.05, 0) is 30.5 Å². The zero-order valence-corrected chi connectivity index (χ0v) is 16.1. The molecule has 0 aliphatic heterocycles. The Kier molecular flexibility index (Phi) is 5.78. The number of carbonyl (C=O) groups is 2. The predicted octanol–water partition coefficient (Wildman–Crippen LogP) is 3.57. The number of amides is 2. The molecule has 8 heteroatoms. The van der Waals surface area contributed by atoms with E-state index in [0.29, 0.717) is 28.4 Å². The van der Waals surface area contributed by atoms with E-state index in [1.54, 1.807) is 19.2 Å². The molecule has 0 spiro atoms. The van der Waals surface area contributed by atoms with E-state index in [9.17, 15) is 9.59 Å². The van der Waals surface area contributed by atoms with Crippen LogP contribution in [0.1, 0.15) is 19.8 Å². The number of thiazole rings is 1. The third-order valence-electron chi connectivity index (χ3n) is 4.30. The van der Waals surface area contributed by atoms with Gasteiger partial charge in [0.05, 0.1) is 17.8 Å². The van der Waals surface area contributed by atoms with Gasteiger partial charge in [-0.15, -0.1) is 11.3 Å². The maximum absolute atomic E-state index is 12.0. The third-order valence-corrected chi connectivity index (χ3v) is 5.35. The molecule has 2 aromatic rings. The first-order valence-corrected chi connectivity index (χ1v) is 9.60. The molecular formula is C18H20ClN3O3S. The van der Waals surface area contributed by atoms with Crippen LogP contribution in [0.5, 0.6) is 5.75 Å². The fraction of sp³-hybridized carbons (Fsp3) is 0.389. The van der Waals surface area contributed by atoms with E-state index >= 15 is 0 Å². The molecule has 2 amide bonds. The Morgan fingerprint density at radius 3 is 2.85 bits per heavy atom. The number of hydrogen-bond acceptors (Lipinski definition) is 5. The number of anilines is 1. The average molecular weight is 394 g/mol. The van der Waals surface area contributed by atoms with Gasteiger partial charge in [-0.2, -0.15) is 0 Å². The van der Waals surface area contributed by atoms with Crippen LogP contribution in [-0.4, -0.2) is 30.5 Å². The Morgan fingerprint density at radius 1 is 1.42 bits per heavy atom. The van der Waals surface area contributed by atoms with Gasteiger partial charge >= 0.3 is 0 Å². The highest BCUT2D eigenvalue weighted by Crippen LogP contribution is 2.37. The topological polar surface area (TPSA) is 80.3 Å². The molecule has 1 saturated carbocycles. The second-order valence-electron chi connectivity index (χ2n) is 6.30. The molecule has 0 bridgehead atoms. The zero-order valence-electron chi connectivity index (χ0n) is 14.5. The summed E-state index contributed by atoms with van der Waals surface area (Å²) in [6, 6.07) is 5.41. The van der Waals surface area contributed by atoms with E-state index in [1.165, 1.54) is 11.3 Å². The lowest BCUT2D eigenvalue weighted by molar-refractivity contribution is -0.122. The Bertz CT molecular complexity index is 824. The first-order chi connectivity index (χ1) is 12.5. The van der Waals surface area contributed by atoms with Crippen LogP contribution in [0.15, 0.2) is 23.6 Å². The number of rotatable bonds is 7. The fourth-order valence-corrected chi connectivity index (χ4v) is 3.58. The van der Waals surface area contributed by atoms with Gasteiger partial charge in [0.1, 0.15) is 5.75 Å². The maximum Gasteiger partial charge on any atom is 0.227 e. The minimum absolute atomic E-state index is 0.0400. The van der Waals surface area contributed by atoms with Crippen LogP contribution in [-0.2, 0) is 9.59 Å². The van der Waals surface area contributed by atoms with Crippen LogP contribution in [0.25, 0.3) is 11.3 Å². The summed E-state index contributed by atoms with van der Waals surface area (Å²) in [5, 5.41) is 8.42. The van der Waals surface area contributed by atoms with E-state index < -0.39 is 0 Å². The van der Waals surface area contributed by atoms with Crippen molar-refractivity contribution in [1.82, 2.24) is 10.3 Å². The maximum atomic E-state index is 12.0. The fourth-order valence-electron chi connectivity index (χ4n) is 2.59. The molecule has 1 aromatic carbocycles. The molecule has 1 fully saturated rings. The highest BCUT2D eigenvalue weighted by Gasteiger charge is 2.38.